The van der Waals surface area contributed by atoms with Crippen LogP contribution >= 0.6 is 11.6 Å². The highest BCUT2D eigenvalue weighted by molar-refractivity contribution is 6.35. The molecule has 2 N–H and O–H groups in total. The molecular formula is C15H20ClNO4. The molecule has 2 rings (SSSR count). The lowest BCUT2D eigenvalue weighted by molar-refractivity contribution is -0.207. The predicted octanol–water partition coefficient (Wildman–Crippen LogP) is 3.06. The first-order chi connectivity index (χ1) is 9.78. The van der Waals surface area contributed by atoms with Gasteiger partial charge in [0.2, 0.25) is 6.41 Å². The van der Waals surface area contributed by atoms with Gasteiger partial charge < -0.3 is 19.7 Å². The summed E-state index contributed by atoms with van der Waals surface area (Å²) in [6.45, 7) is 5.38. The number of ether oxygens (including phenoxy) is 2. The molecule has 0 aliphatic heterocycles. The highest BCUT2D eigenvalue weighted by atomic mass is 35.5. The van der Waals surface area contributed by atoms with Crippen LogP contribution in [-0.4, -0.2) is 27.5 Å². The van der Waals surface area contributed by atoms with Crippen LogP contribution in [0, 0.1) is 0 Å². The Hall–Kier alpha value is -1.27. The molecule has 0 spiro atoms. The van der Waals surface area contributed by atoms with Crippen molar-refractivity contribution in [3.8, 4) is 5.75 Å². The zero-order valence-electron chi connectivity index (χ0n) is 12.6. The lowest BCUT2D eigenvalue weighted by atomic mass is 10.1. The van der Waals surface area contributed by atoms with E-state index in [0.29, 0.717) is 21.9 Å². The molecule has 1 unspecified atom stereocenters. The number of nitrogens with zero attached hydrogens (tertiary/aromatic N) is 1. The number of benzene rings is 1. The first kappa shape index (κ1) is 16.1. The maximum absolute atomic E-state index is 10.2. The van der Waals surface area contributed by atoms with Gasteiger partial charge in [-0.2, -0.15) is 0 Å². The second kappa shape index (κ2) is 5.85. The maximum atomic E-state index is 10.2. The molecule has 0 amide bonds. The SMILES string of the molecule is COc1cc(Cl)c2c(ccn2C(O)OC(C)(C)C)c1CO. The van der Waals surface area contributed by atoms with Crippen molar-refractivity contribution in [2.45, 2.75) is 39.4 Å². The van der Waals surface area contributed by atoms with Gasteiger partial charge in [0.1, 0.15) is 5.75 Å². The van der Waals surface area contributed by atoms with Crippen molar-refractivity contribution in [3.63, 3.8) is 0 Å². The summed E-state index contributed by atoms with van der Waals surface area (Å²) < 4.78 is 12.3. The van der Waals surface area contributed by atoms with Gasteiger partial charge in [0, 0.05) is 23.2 Å². The van der Waals surface area contributed by atoms with E-state index in [4.69, 9.17) is 21.1 Å². The van der Waals surface area contributed by atoms with E-state index >= 15 is 0 Å². The van der Waals surface area contributed by atoms with Crippen LogP contribution in [0.15, 0.2) is 18.3 Å². The summed E-state index contributed by atoms with van der Waals surface area (Å²) >= 11 is 6.28. The second-order valence-electron chi connectivity index (χ2n) is 5.74. The van der Waals surface area contributed by atoms with Crippen LogP contribution < -0.4 is 4.74 Å². The average Bonchev–Trinajstić information content (AvgIpc) is 2.81. The fourth-order valence-corrected chi connectivity index (χ4v) is 2.55. The third-order valence-corrected chi connectivity index (χ3v) is 3.38. The van der Waals surface area contributed by atoms with Crippen LogP contribution in [0.2, 0.25) is 5.02 Å². The summed E-state index contributed by atoms with van der Waals surface area (Å²) in [6, 6.07) is 3.39. The fraction of sp³-hybridized carbons (Fsp3) is 0.467. The van der Waals surface area contributed by atoms with Gasteiger partial charge in [0.25, 0.3) is 0 Å². The Morgan fingerprint density at radius 1 is 1.38 bits per heavy atom. The topological polar surface area (TPSA) is 63.9 Å². The van der Waals surface area contributed by atoms with E-state index in [1.54, 1.807) is 18.3 Å². The van der Waals surface area contributed by atoms with Crippen LogP contribution in [0.25, 0.3) is 10.9 Å². The van der Waals surface area contributed by atoms with Gasteiger partial charge in [-0.1, -0.05) is 11.6 Å². The molecule has 5 nitrogen and oxygen atoms in total. The number of aliphatic hydroxyl groups is 2. The van der Waals surface area contributed by atoms with Crippen LogP contribution in [0.1, 0.15) is 32.7 Å². The Morgan fingerprint density at radius 2 is 2.05 bits per heavy atom. The van der Waals surface area contributed by atoms with Crippen molar-refractivity contribution >= 4 is 22.5 Å². The van der Waals surface area contributed by atoms with E-state index in [9.17, 15) is 10.2 Å². The van der Waals surface area contributed by atoms with E-state index in [1.165, 1.54) is 11.7 Å². The molecule has 21 heavy (non-hydrogen) atoms. The van der Waals surface area contributed by atoms with Gasteiger partial charge in [-0.25, -0.2) is 0 Å². The summed E-state index contributed by atoms with van der Waals surface area (Å²) in [5.74, 6) is 0.513. The van der Waals surface area contributed by atoms with E-state index in [1.807, 2.05) is 20.8 Å². The zero-order valence-corrected chi connectivity index (χ0v) is 13.3. The third kappa shape index (κ3) is 3.16. The van der Waals surface area contributed by atoms with Crippen molar-refractivity contribution in [1.29, 1.82) is 0 Å². The Kier molecular flexibility index (Phi) is 4.49. The molecule has 1 heterocycles. The summed E-state index contributed by atoms with van der Waals surface area (Å²) in [7, 11) is 1.52. The number of methoxy groups -OCH3 is 1. The summed E-state index contributed by atoms with van der Waals surface area (Å²) in [4.78, 5) is 0. The maximum Gasteiger partial charge on any atom is 0.242 e. The van der Waals surface area contributed by atoms with E-state index < -0.39 is 12.0 Å². The number of hydrogen-bond acceptors (Lipinski definition) is 4. The van der Waals surface area contributed by atoms with Gasteiger partial charge in [-0.3, -0.25) is 4.57 Å². The lowest BCUT2D eigenvalue weighted by Gasteiger charge is -2.25. The number of hydrogen-bond donors (Lipinski definition) is 2. The minimum absolute atomic E-state index is 0.183. The molecular weight excluding hydrogens is 294 g/mol. The number of aromatic nitrogens is 1. The molecule has 1 aromatic heterocycles. The summed E-state index contributed by atoms with van der Waals surface area (Å²) in [5, 5.41) is 20.9. The molecule has 0 saturated carbocycles. The largest absolute Gasteiger partial charge is 0.496 e. The molecule has 0 saturated heterocycles. The van der Waals surface area contributed by atoms with Gasteiger partial charge in [-0.15, -0.1) is 0 Å². The standard InChI is InChI=1S/C15H20ClNO4/c1-15(2,3)21-14(19)17-6-5-9-10(8-18)12(20-4)7-11(16)13(9)17/h5-7,14,18-19H,8H2,1-4H3. The second-order valence-corrected chi connectivity index (χ2v) is 6.15. The summed E-state index contributed by atoms with van der Waals surface area (Å²) in [5.41, 5.74) is 0.714. The van der Waals surface area contributed by atoms with Gasteiger partial charge in [0.15, 0.2) is 0 Å². The van der Waals surface area contributed by atoms with Crippen LogP contribution in [0.4, 0.5) is 0 Å². The smallest absolute Gasteiger partial charge is 0.242 e. The molecule has 0 radical (unpaired) electrons. The van der Waals surface area contributed by atoms with E-state index in [0.717, 1.165) is 5.39 Å². The quantitative estimate of drug-likeness (QED) is 0.852. The Bertz CT molecular complexity index is 645. The van der Waals surface area contributed by atoms with Gasteiger partial charge >= 0.3 is 0 Å². The number of fused-ring (bicyclic) bond motifs is 1. The van der Waals surface area contributed by atoms with Crippen molar-refractivity contribution in [3.05, 3.63) is 28.9 Å². The van der Waals surface area contributed by atoms with Gasteiger partial charge in [0.05, 0.1) is 29.9 Å². The number of rotatable bonds is 4. The van der Waals surface area contributed by atoms with Crippen LogP contribution in [0.3, 0.4) is 0 Å². The lowest BCUT2D eigenvalue weighted by Crippen LogP contribution is -2.25. The molecule has 2 aromatic rings. The fourth-order valence-electron chi connectivity index (χ4n) is 2.25. The number of aliphatic hydroxyl groups excluding tert-OH is 2. The Labute approximate surface area is 128 Å². The van der Waals surface area contributed by atoms with Crippen molar-refractivity contribution in [2.75, 3.05) is 7.11 Å². The molecule has 116 valence electrons. The van der Waals surface area contributed by atoms with Gasteiger partial charge in [-0.05, 0) is 26.8 Å². The Balaban J connectivity index is 2.58. The molecule has 0 aliphatic rings. The monoisotopic (exact) mass is 313 g/mol. The van der Waals surface area contributed by atoms with Crippen molar-refractivity contribution in [2.24, 2.45) is 0 Å². The first-order valence-corrected chi connectivity index (χ1v) is 6.99. The summed E-state index contributed by atoms with van der Waals surface area (Å²) in [6.07, 6.45) is 0.505. The van der Waals surface area contributed by atoms with Crippen molar-refractivity contribution in [1.82, 2.24) is 4.57 Å². The first-order valence-electron chi connectivity index (χ1n) is 6.61. The predicted molar refractivity (Wildman–Crippen MR) is 81.5 cm³/mol. The zero-order chi connectivity index (χ0) is 15.8. The molecule has 0 aliphatic carbocycles. The molecule has 1 atom stereocenters. The third-order valence-electron chi connectivity index (χ3n) is 3.10. The average molecular weight is 314 g/mol. The molecule has 0 bridgehead atoms. The highest BCUT2D eigenvalue weighted by Crippen LogP contribution is 2.36. The van der Waals surface area contributed by atoms with Crippen LogP contribution in [-0.2, 0) is 11.3 Å². The van der Waals surface area contributed by atoms with E-state index in [-0.39, 0.29) is 6.61 Å². The molecule has 1 aromatic carbocycles. The van der Waals surface area contributed by atoms with Crippen LogP contribution in [0.5, 0.6) is 5.75 Å². The van der Waals surface area contributed by atoms with E-state index in [2.05, 4.69) is 0 Å². The minimum Gasteiger partial charge on any atom is -0.496 e. The molecule has 6 heteroatoms. The minimum atomic E-state index is -1.17. The highest BCUT2D eigenvalue weighted by Gasteiger charge is 2.22. The Morgan fingerprint density at radius 3 is 2.57 bits per heavy atom. The number of halogens is 1. The van der Waals surface area contributed by atoms with Crippen molar-refractivity contribution < 1.29 is 19.7 Å². The normalized spacial score (nSPS) is 13.7. The molecule has 0 fully saturated rings.